The van der Waals surface area contributed by atoms with Gasteiger partial charge in [-0.15, -0.1) is 0 Å². The number of hydrogen-bond donors (Lipinski definition) is 1. The summed E-state index contributed by atoms with van der Waals surface area (Å²) in [5, 5.41) is 14.5. The Labute approximate surface area is 118 Å². The SMILES string of the molecule is CCCOc1cccc(OCC2CCNC2)c1[N+](=O)[O-]. The van der Waals surface area contributed by atoms with Crippen LogP contribution < -0.4 is 14.8 Å². The maximum atomic E-state index is 11.2. The number of para-hydroxylation sites is 1. The molecule has 1 aromatic rings. The number of ether oxygens (including phenoxy) is 2. The molecular weight excluding hydrogens is 260 g/mol. The third-order valence-electron chi connectivity index (χ3n) is 3.24. The molecule has 20 heavy (non-hydrogen) atoms. The van der Waals surface area contributed by atoms with Crippen molar-refractivity contribution in [3.63, 3.8) is 0 Å². The van der Waals surface area contributed by atoms with Crippen molar-refractivity contribution in [1.29, 1.82) is 0 Å². The van der Waals surface area contributed by atoms with E-state index in [-0.39, 0.29) is 17.2 Å². The van der Waals surface area contributed by atoms with Crippen LogP contribution in [0.15, 0.2) is 18.2 Å². The molecule has 6 nitrogen and oxygen atoms in total. The average Bonchev–Trinajstić information content (AvgIpc) is 2.95. The number of benzene rings is 1. The molecule has 0 bridgehead atoms. The van der Waals surface area contributed by atoms with E-state index in [1.54, 1.807) is 18.2 Å². The minimum absolute atomic E-state index is 0.0769. The second kappa shape index (κ2) is 7.09. The maximum Gasteiger partial charge on any atom is 0.352 e. The predicted molar refractivity (Wildman–Crippen MR) is 75.4 cm³/mol. The topological polar surface area (TPSA) is 73.6 Å². The molecule has 1 aliphatic heterocycles. The number of nitrogens with zero attached hydrogens (tertiary/aromatic N) is 1. The summed E-state index contributed by atoms with van der Waals surface area (Å²) < 4.78 is 11.1. The number of hydrogen-bond acceptors (Lipinski definition) is 5. The van der Waals surface area contributed by atoms with Crippen molar-refractivity contribution in [2.75, 3.05) is 26.3 Å². The Morgan fingerprint density at radius 2 is 2.15 bits per heavy atom. The lowest BCUT2D eigenvalue weighted by Gasteiger charge is -2.13. The Bertz CT molecular complexity index is 458. The second-order valence-electron chi connectivity index (χ2n) is 4.88. The third-order valence-corrected chi connectivity index (χ3v) is 3.24. The van der Waals surface area contributed by atoms with E-state index in [4.69, 9.17) is 9.47 Å². The van der Waals surface area contributed by atoms with Crippen molar-refractivity contribution >= 4 is 5.69 Å². The minimum Gasteiger partial charge on any atom is -0.487 e. The number of nitro groups is 1. The minimum atomic E-state index is -0.437. The van der Waals surface area contributed by atoms with Gasteiger partial charge >= 0.3 is 5.69 Å². The van der Waals surface area contributed by atoms with Gasteiger partial charge in [-0.3, -0.25) is 10.1 Å². The van der Waals surface area contributed by atoms with E-state index in [1.807, 2.05) is 6.92 Å². The van der Waals surface area contributed by atoms with E-state index in [0.717, 1.165) is 25.9 Å². The molecule has 1 unspecified atom stereocenters. The summed E-state index contributed by atoms with van der Waals surface area (Å²) in [6.45, 7) is 4.79. The molecule has 6 heteroatoms. The molecule has 110 valence electrons. The van der Waals surface area contributed by atoms with Crippen LogP contribution >= 0.6 is 0 Å². The van der Waals surface area contributed by atoms with Crippen molar-refractivity contribution in [3.8, 4) is 11.5 Å². The van der Waals surface area contributed by atoms with Crippen molar-refractivity contribution < 1.29 is 14.4 Å². The molecule has 1 N–H and O–H groups in total. The second-order valence-corrected chi connectivity index (χ2v) is 4.88. The highest BCUT2D eigenvalue weighted by Gasteiger charge is 2.24. The van der Waals surface area contributed by atoms with Crippen LogP contribution in [0.25, 0.3) is 0 Å². The van der Waals surface area contributed by atoms with Gasteiger partial charge in [0.1, 0.15) is 0 Å². The lowest BCUT2D eigenvalue weighted by atomic mass is 10.1. The molecule has 1 heterocycles. The lowest BCUT2D eigenvalue weighted by Crippen LogP contribution is -2.16. The fraction of sp³-hybridized carbons (Fsp3) is 0.571. The molecular formula is C14H20N2O4. The van der Waals surface area contributed by atoms with Crippen LogP contribution in [0.1, 0.15) is 19.8 Å². The van der Waals surface area contributed by atoms with Gasteiger partial charge in [-0.1, -0.05) is 13.0 Å². The Hall–Kier alpha value is -1.82. The molecule has 1 atom stereocenters. The largest absolute Gasteiger partial charge is 0.487 e. The van der Waals surface area contributed by atoms with Crippen molar-refractivity contribution in [1.82, 2.24) is 5.32 Å². The summed E-state index contributed by atoms with van der Waals surface area (Å²) in [7, 11) is 0. The first-order chi connectivity index (χ1) is 9.72. The molecule has 0 radical (unpaired) electrons. The monoisotopic (exact) mass is 280 g/mol. The summed E-state index contributed by atoms with van der Waals surface area (Å²) >= 11 is 0. The summed E-state index contributed by atoms with van der Waals surface area (Å²) in [6.07, 6.45) is 1.84. The molecule has 1 fully saturated rings. The first kappa shape index (κ1) is 14.6. The first-order valence-electron chi connectivity index (χ1n) is 6.96. The predicted octanol–water partition coefficient (Wildman–Crippen LogP) is 2.37. The zero-order chi connectivity index (χ0) is 14.4. The summed E-state index contributed by atoms with van der Waals surface area (Å²) in [4.78, 5) is 10.8. The van der Waals surface area contributed by atoms with Crippen LogP contribution in [0.5, 0.6) is 11.5 Å². The van der Waals surface area contributed by atoms with E-state index < -0.39 is 4.92 Å². The molecule has 0 aromatic heterocycles. The Morgan fingerprint density at radius 1 is 1.40 bits per heavy atom. The van der Waals surface area contributed by atoms with Gasteiger partial charge in [-0.25, -0.2) is 0 Å². The molecule has 1 aromatic carbocycles. The van der Waals surface area contributed by atoms with Gasteiger partial charge in [-0.05, 0) is 31.5 Å². The summed E-state index contributed by atoms with van der Waals surface area (Å²) in [5.41, 5.74) is -0.0769. The van der Waals surface area contributed by atoms with E-state index in [1.165, 1.54) is 0 Å². The number of nitrogens with one attached hydrogen (secondary N) is 1. The van der Waals surface area contributed by atoms with Crippen molar-refractivity contribution in [3.05, 3.63) is 28.3 Å². The summed E-state index contributed by atoms with van der Waals surface area (Å²) in [5.74, 6) is 0.976. The fourth-order valence-corrected chi connectivity index (χ4v) is 2.19. The van der Waals surface area contributed by atoms with Gasteiger partial charge < -0.3 is 14.8 Å². The van der Waals surface area contributed by atoms with Crippen molar-refractivity contribution in [2.24, 2.45) is 5.92 Å². The molecule has 0 saturated carbocycles. The fourth-order valence-electron chi connectivity index (χ4n) is 2.19. The number of nitro benzene ring substituents is 1. The van der Waals surface area contributed by atoms with Gasteiger partial charge in [0.25, 0.3) is 0 Å². The average molecular weight is 280 g/mol. The molecule has 1 saturated heterocycles. The highest BCUT2D eigenvalue weighted by Crippen LogP contribution is 2.37. The normalized spacial score (nSPS) is 17.9. The zero-order valence-corrected chi connectivity index (χ0v) is 11.6. The molecule has 2 rings (SSSR count). The quantitative estimate of drug-likeness (QED) is 0.613. The maximum absolute atomic E-state index is 11.2. The Balaban J connectivity index is 2.11. The lowest BCUT2D eigenvalue weighted by molar-refractivity contribution is -0.386. The van der Waals surface area contributed by atoms with Crippen LogP contribution in [-0.4, -0.2) is 31.2 Å². The molecule has 0 aliphatic carbocycles. The Kier molecular flexibility index (Phi) is 5.17. The standard InChI is InChI=1S/C14H20N2O4/c1-2-8-19-12-4-3-5-13(14(12)16(17)18)20-10-11-6-7-15-9-11/h3-5,11,15H,2,6-10H2,1H3. The van der Waals surface area contributed by atoms with Gasteiger partial charge in [0.2, 0.25) is 11.5 Å². The number of rotatable bonds is 7. The van der Waals surface area contributed by atoms with Crippen LogP contribution in [0.4, 0.5) is 5.69 Å². The molecule has 0 spiro atoms. The smallest absolute Gasteiger partial charge is 0.352 e. The van der Waals surface area contributed by atoms with E-state index in [2.05, 4.69) is 5.32 Å². The van der Waals surface area contributed by atoms with E-state index >= 15 is 0 Å². The van der Waals surface area contributed by atoms with Crippen LogP contribution in [0.2, 0.25) is 0 Å². The van der Waals surface area contributed by atoms with Gasteiger partial charge in [0, 0.05) is 12.5 Å². The van der Waals surface area contributed by atoms with Gasteiger partial charge in [0.15, 0.2) is 0 Å². The molecule has 0 amide bonds. The van der Waals surface area contributed by atoms with Crippen molar-refractivity contribution in [2.45, 2.75) is 19.8 Å². The highest BCUT2D eigenvalue weighted by molar-refractivity contribution is 5.57. The zero-order valence-electron chi connectivity index (χ0n) is 11.6. The molecule has 1 aliphatic rings. The third kappa shape index (κ3) is 3.60. The first-order valence-corrected chi connectivity index (χ1v) is 6.96. The van der Waals surface area contributed by atoms with E-state index in [9.17, 15) is 10.1 Å². The van der Waals surface area contributed by atoms with Crippen LogP contribution in [0, 0.1) is 16.0 Å². The highest BCUT2D eigenvalue weighted by atomic mass is 16.6. The van der Waals surface area contributed by atoms with Gasteiger partial charge in [0.05, 0.1) is 18.1 Å². The van der Waals surface area contributed by atoms with E-state index in [0.29, 0.717) is 19.1 Å². The Morgan fingerprint density at radius 3 is 2.75 bits per heavy atom. The van der Waals surface area contributed by atoms with Gasteiger partial charge in [-0.2, -0.15) is 0 Å². The summed E-state index contributed by atoms with van der Waals surface area (Å²) in [6, 6.07) is 4.96. The van der Waals surface area contributed by atoms with Crippen LogP contribution in [0.3, 0.4) is 0 Å². The van der Waals surface area contributed by atoms with Crippen LogP contribution in [-0.2, 0) is 0 Å².